The molecule has 0 bridgehead atoms. The summed E-state index contributed by atoms with van der Waals surface area (Å²) in [7, 11) is 0. The number of carbonyl (C=O) groups is 3. The number of carboxylic acid groups (broad SMARTS) is 1. The average Bonchev–Trinajstić information content (AvgIpc) is 2.65. The Bertz CT molecular complexity index is 594. The summed E-state index contributed by atoms with van der Waals surface area (Å²) in [6.45, 7) is 0. The molecule has 0 aliphatic carbocycles. The zero-order chi connectivity index (χ0) is 15.7. The average molecular weight is 347 g/mol. The van der Waals surface area contributed by atoms with Gasteiger partial charge in [-0.05, 0) is 30.6 Å². The van der Waals surface area contributed by atoms with E-state index < -0.39 is 23.8 Å². The molecule has 0 N–H and O–H groups in total. The van der Waals surface area contributed by atoms with Crippen LogP contribution in [0.25, 0.3) is 0 Å². The summed E-state index contributed by atoms with van der Waals surface area (Å²) in [5, 5.41) is 11.5. The summed E-state index contributed by atoms with van der Waals surface area (Å²) < 4.78 is 0. The van der Waals surface area contributed by atoms with Gasteiger partial charge in [-0.25, -0.2) is 0 Å². The van der Waals surface area contributed by atoms with Crippen LogP contribution in [0.3, 0.4) is 0 Å². The number of thioether (sulfide) groups is 1. The van der Waals surface area contributed by atoms with E-state index in [2.05, 4.69) is 0 Å². The van der Waals surface area contributed by atoms with Crippen LogP contribution in [0.1, 0.15) is 27.1 Å². The molecule has 0 spiro atoms. The number of nitrogens with zero attached hydrogens (tertiary/aromatic N) is 1. The van der Waals surface area contributed by atoms with E-state index >= 15 is 0 Å². The zero-order valence-electron chi connectivity index (χ0n) is 10.9. The third kappa shape index (κ3) is 2.88. The lowest BCUT2D eigenvalue weighted by molar-refractivity contribution is -0.310. The van der Waals surface area contributed by atoms with Gasteiger partial charge in [-0.1, -0.05) is 23.2 Å². The number of carbonyl (C=O) groups excluding carboxylic acids is 3. The second-order valence-corrected chi connectivity index (χ2v) is 6.21. The molecule has 0 saturated heterocycles. The molecule has 112 valence electrons. The SMILES string of the molecule is CSCC[C@@H](C(=O)[O-])N1C(=O)c2cc(Cl)c(Cl)cc2C1=O. The second kappa shape index (κ2) is 6.25. The third-order valence-corrected chi connectivity index (χ3v) is 4.50. The predicted octanol–water partition coefficient (Wildman–Crippen LogP) is 1.46. The van der Waals surface area contributed by atoms with Gasteiger partial charge in [0.15, 0.2) is 0 Å². The van der Waals surface area contributed by atoms with Crippen molar-refractivity contribution in [2.45, 2.75) is 12.5 Å². The number of aliphatic carboxylic acids is 1. The highest BCUT2D eigenvalue weighted by Crippen LogP contribution is 2.32. The highest BCUT2D eigenvalue weighted by atomic mass is 35.5. The van der Waals surface area contributed by atoms with Crippen molar-refractivity contribution in [1.29, 1.82) is 0 Å². The standard InChI is InChI=1S/C13H11Cl2NO4S/c1-21-3-2-10(13(19)20)16-11(17)6-4-8(14)9(15)5-7(6)12(16)18/h4-5,10H,2-3H2,1H3,(H,19,20)/p-1/t10-/m0/s1. The topological polar surface area (TPSA) is 77.5 Å². The van der Waals surface area contributed by atoms with Gasteiger partial charge in [-0.2, -0.15) is 11.8 Å². The van der Waals surface area contributed by atoms with Gasteiger partial charge in [0.2, 0.25) is 0 Å². The van der Waals surface area contributed by atoms with Crippen LogP contribution in [0.4, 0.5) is 0 Å². The lowest BCUT2D eigenvalue weighted by Gasteiger charge is -2.26. The molecule has 1 atom stereocenters. The Hall–Kier alpha value is -1.24. The Balaban J connectivity index is 2.42. The van der Waals surface area contributed by atoms with Crippen LogP contribution in [0.15, 0.2) is 12.1 Å². The molecule has 0 fully saturated rings. The lowest BCUT2D eigenvalue weighted by Crippen LogP contribution is -2.50. The number of hydrogen-bond acceptors (Lipinski definition) is 5. The summed E-state index contributed by atoms with van der Waals surface area (Å²) >= 11 is 13.1. The minimum atomic E-state index is -1.46. The Kier molecular flexibility index (Phi) is 4.81. The van der Waals surface area contributed by atoms with Crippen LogP contribution >= 0.6 is 35.0 Å². The third-order valence-electron chi connectivity index (χ3n) is 3.14. The van der Waals surface area contributed by atoms with E-state index in [0.29, 0.717) is 10.7 Å². The molecule has 0 aromatic heterocycles. The number of amides is 2. The second-order valence-electron chi connectivity index (χ2n) is 4.41. The molecule has 0 saturated carbocycles. The van der Waals surface area contributed by atoms with Crippen molar-refractivity contribution in [2.24, 2.45) is 0 Å². The minimum absolute atomic E-state index is 0.0600. The number of imide groups is 1. The van der Waals surface area contributed by atoms with Gasteiger partial charge in [0.25, 0.3) is 11.8 Å². The monoisotopic (exact) mass is 346 g/mol. The Labute approximate surface area is 135 Å². The maximum atomic E-state index is 12.3. The first kappa shape index (κ1) is 16.1. The summed E-state index contributed by atoms with van der Waals surface area (Å²) in [6, 6.07) is 1.25. The summed E-state index contributed by atoms with van der Waals surface area (Å²) in [4.78, 5) is 36.5. The Morgan fingerprint density at radius 3 is 2.10 bits per heavy atom. The van der Waals surface area contributed by atoms with Crippen LogP contribution in [-0.2, 0) is 4.79 Å². The number of carboxylic acids is 1. The van der Waals surface area contributed by atoms with E-state index in [1.54, 1.807) is 6.26 Å². The molecule has 21 heavy (non-hydrogen) atoms. The summed E-state index contributed by atoms with van der Waals surface area (Å²) in [5.41, 5.74) is 0.120. The van der Waals surface area contributed by atoms with E-state index in [-0.39, 0.29) is 27.6 Å². The molecule has 1 aliphatic rings. The number of halogens is 2. The van der Waals surface area contributed by atoms with Gasteiger partial charge in [0, 0.05) is 0 Å². The van der Waals surface area contributed by atoms with E-state index in [4.69, 9.17) is 23.2 Å². The van der Waals surface area contributed by atoms with Crippen LogP contribution in [-0.4, -0.2) is 40.7 Å². The van der Waals surface area contributed by atoms with Crippen molar-refractivity contribution in [3.63, 3.8) is 0 Å². The molecule has 2 rings (SSSR count). The maximum Gasteiger partial charge on any atom is 0.262 e. The maximum absolute atomic E-state index is 12.3. The van der Waals surface area contributed by atoms with Crippen molar-refractivity contribution in [3.05, 3.63) is 33.3 Å². The van der Waals surface area contributed by atoms with Crippen molar-refractivity contribution in [2.75, 3.05) is 12.0 Å². The molecule has 1 aliphatic heterocycles. The van der Waals surface area contributed by atoms with E-state index in [0.717, 1.165) is 0 Å². The van der Waals surface area contributed by atoms with Gasteiger partial charge in [-0.15, -0.1) is 0 Å². The molecule has 0 radical (unpaired) electrons. The fourth-order valence-electron chi connectivity index (χ4n) is 2.12. The molecule has 1 aromatic rings. The van der Waals surface area contributed by atoms with Crippen molar-refractivity contribution < 1.29 is 19.5 Å². The minimum Gasteiger partial charge on any atom is -0.548 e. The van der Waals surface area contributed by atoms with Crippen LogP contribution in [0.5, 0.6) is 0 Å². The van der Waals surface area contributed by atoms with Gasteiger partial charge in [0.1, 0.15) is 0 Å². The fourth-order valence-corrected chi connectivity index (χ4v) is 2.90. The first-order chi connectivity index (χ1) is 9.88. The van der Waals surface area contributed by atoms with Gasteiger partial charge >= 0.3 is 0 Å². The van der Waals surface area contributed by atoms with E-state index in [9.17, 15) is 19.5 Å². The van der Waals surface area contributed by atoms with Crippen LogP contribution in [0.2, 0.25) is 10.0 Å². The first-order valence-electron chi connectivity index (χ1n) is 5.95. The van der Waals surface area contributed by atoms with E-state index in [1.807, 2.05) is 0 Å². The Morgan fingerprint density at radius 2 is 1.71 bits per heavy atom. The number of rotatable bonds is 5. The summed E-state index contributed by atoms with van der Waals surface area (Å²) in [5.74, 6) is -2.36. The normalized spacial score (nSPS) is 15.3. The molecular formula is C13H10Cl2NO4S-. The Morgan fingerprint density at radius 1 is 1.24 bits per heavy atom. The van der Waals surface area contributed by atoms with Crippen LogP contribution < -0.4 is 5.11 Å². The van der Waals surface area contributed by atoms with Crippen molar-refractivity contribution >= 4 is 52.7 Å². The predicted molar refractivity (Wildman–Crippen MR) is 78.8 cm³/mol. The largest absolute Gasteiger partial charge is 0.548 e. The quantitative estimate of drug-likeness (QED) is 0.754. The highest BCUT2D eigenvalue weighted by molar-refractivity contribution is 7.98. The van der Waals surface area contributed by atoms with Gasteiger partial charge in [0.05, 0.1) is 33.2 Å². The van der Waals surface area contributed by atoms with E-state index in [1.165, 1.54) is 23.9 Å². The summed E-state index contributed by atoms with van der Waals surface area (Å²) in [6.07, 6.45) is 1.92. The molecule has 0 unspecified atom stereocenters. The highest BCUT2D eigenvalue weighted by Gasteiger charge is 2.40. The molecule has 8 heteroatoms. The zero-order valence-corrected chi connectivity index (χ0v) is 13.2. The molecule has 1 aromatic carbocycles. The lowest BCUT2D eigenvalue weighted by atomic mass is 10.1. The fraction of sp³-hybridized carbons (Fsp3) is 0.308. The number of fused-ring (bicyclic) bond motifs is 1. The van der Waals surface area contributed by atoms with Crippen molar-refractivity contribution in [3.8, 4) is 0 Å². The smallest absolute Gasteiger partial charge is 0.262 e. The molecule has 2 amide bonds. The molecular weight excluding hydrogens is 337 g/mol. The number of hydrogen-bond donors (Lipinski definition) is 0. The molecule has 5 nitrogen and oxygen atoms in total. The van der Waals surface area contributed by atoms with Crippen LogP contribution in [0, 0.1) is 0 Å². The van der Waals surface area contributed by atoms with Gasteiger partial charge < -0.3 is 9.90 Å². The first-order valence-corrected chi connectivity index (χ1v) is 8.10. The molecule has 1 heterocycles. The van der Waals surface area contributed by atoms with Gasteiger partial charge in [-0.3, -0.25) is 14.5 Å². The number of benzene rings is 1. The van der Waals surface area contributed by atoms with Crippen molar-refractivity contribution in [1.82, 2.24) is 4.90 Å².